The van der Waals surface area contributed by atoms with Crippen molar-refractivity contribution in [1.82, 2.24) is 9.97 Å². The molecule has 1 aromatic rings. The van der Waals surface area contributed by atoms with E-state index in [0.717, 1.165) is 0 Å². The van der Waals surface area contributed by atoms with Crippen molar-refractivity contribution in [3.63, 3.8) is 0 Å². The van der Waals surface area contributed by atoms with Crippen molar-refractivity contribution in [2.45, 2.75) is 12.3 Å². The van der Waals surface area contributed by atoms with Crippen LogP contribution >= 0.6 is 11.6 Å². The average molecular weight is 248 g/mol. The number of aromatic nitrogens is 2. The SMILES string of the molecule is Nc1ncc(C2CCS(=O)(=O)C2)c(Cl)n1. The summed E-state index contributed by atoms with van der Waals surface area (Å²) in [4.78, 5) is 7.62. The molecule has 1 atom stereocenters. The Labute approximate surface area is 92.6 Å². The van der Waals surface area contributed by atoms with E-state index >= 15 is 0 Å². The fraction of sp³-hybridized carbons (Fsp3) is 0.500. The van der Waals surface area contributed by atoms with Crippen molar-refractivity contribution in [3.05, 3.63) is 16.9 Å². The summed E-state index contributed by atoms with van der Waals surface area (Å²) in [5.74, 6) is 0.339. The predicted molar refractivity (Wildman–Crippen MR) is 57.5 cm³/mol. The van der Waals surface area contributed by atoms with Crippen LogP contribution in [0.15, 0.2) is 6.20 Å². The third-order valence-corrected chi connectivity index (χ3v) is 4.53. The Morgan fingerprint density at radius 2 is 2.27 bits per heavy atom. The van der Waals surface area contributed by atoms with E-state index in [1.165, 1.54) is 6.20 Å². The van der Waals surface area contributed by atoms with Crippen molar-refractivity contribution in [2.75, 3.05) is 17.2 Å². The number of nitrogens with two attached hydrogens (primary N) is 1. The van der Waals surface area contributed by atoms with Gasteiger partial charge in [0.25, 0.3) is 0 Å². The zero-order valence-electron chi connectivity index (χ0n) is 7.85. The van der Waals surface area contributed by atoms with E-state index in [1.54, 1.807) is 0 Å². The number of hydrogen-bond acceptors (Lipinski definition) is 5. The van der Waals surface area contributed by atoms with Gasteiger partial charge in [0, 0.05) is 17.7 Å². The number of rotatable bonds is 1. The summed E-state index contributed by atoms with van der Waals surface area (Å²) in [7, 11) is -2.92. The summed E-state index contributed by atoms with van der Waals surface area (Å²) in [5.41, 5.74) is 6.03. The van der Waals surface area contributed by atoms with Gasteiger partial charge < -0.3 is 5.73 Å². The third kappa shape index (κ3) is 2.21. The van der Waals surface area contributed by atoms with Crippen LogP contribution in [-0.2, 0) is 9.84 Å². The van der Waals surface area contributed by atoms with Crippen LogP contribution < -0.4 is 5.73 Å². The molecule has 1 aliphatic heterocycles. The van der Waals surface area contributed by atoms with E-state index in [1.807, 2.05) is 0 Å². The first-order valence-corrected chi connectivity index (χ1v) is 6.66. The van der Waals surface area contributed by atoms with Gasteiger partial charge in [0.05, 0.1) is 11.5 Å². The molecule has 2 rings (SSSR count). The fourth-order valence-electron chi connectivity index (χ4n) is 1.70. The Morgan fingerprint density at radius 3 is 2.80 bits per heavy atom. The summed E-state index contributed by atoms with van der Waals surface area (Å²) in [6.45, 7) is 0. The molecule has 1 fully saturated rings. The number of hydrogen-bond donors (Lipinski definition) is 1. The monoisotopic (exact) mass is 247 g/mol. The van der Waals surface area contributed by atoms with Crippen LogP contribution in [0.3, 0.4) is 0 Å². The maximum absolute atomic E-state index is 11.3. The molecule has 0 bridgehead atoms. The smallest absolute Gasteiger partial charge is 0.221 e. The van der Waals surface area contributed by atoms with E-state index in [4.69, 9.17) is 17.3 Å². The largest absolute Gasteiger partial charge is 0.368 e. The maximum atomic E-state index is 11.3. The predicted octanol–water partition coefficient (Wildman–Crippen LogP) is 0.614. The third-order valence-electron chi connectivity index (χ3n) is 2.46. The van der Waals surface area contributed by atoms with Gasteiger partial charge in [0.2, 0.25) is 5.95 Å². The summed E-state index contributed by atoms with van der Waals surface area (Å²) in [5, 5.41) is 0.254. The van der Waals surface area contributed by atoms with Crippen LogP contribution in [0.2, 0.25) is 5.15 Å². The van der Waals surface area contributed by atoms with Crippen molar-refractivity contribution < 1.29 is 8.42 Å². The summed E-state index contributed by atoms with van der Waals surface area (Å²) < 4.78 is 22.6. The Morgan fingerprint density at radius 1 is 1.53 bits per heavy atom. The van der Waals surface area contributed by atoms with Crippen LogP contribution in [0.1, 0.15) is 17.9 Å². The van der Waals surface area contributed by atoms with Gasteiger partial charge in [-0.25, -0.2) is 18.4 Å². The molecule has 0 radical (unpaired) electrons. The average Bonchev–Trinajstić information content (AvgIpc) is 2.46. The molecule has 82 valence electrons. The van der Waals surface area contributed by atoms with Crippen LogP contribution in [0.4, 0.5) is 5.95 Å². The quantitative estimate of drug-likeness (QED) is 0.735. The number of nitrogens with zero attached hydrogens (tertiary/aromatic N) is 2. The van der Waals surface area contributed by atoms with Crippen molar-refractivity contribution in [2.24, 2.45) is 0 Å². The number of halogens is 1. The minimum atomic E-state index is -2.92. The Kier molecular flexibility index (Phi) is 2.56. The highest BCUT2D eigenvalue weighted by Gasteiger charge is 2.30. The van der Waals surface area contributed by atoms with Gasteiger partial charge in [-0.05, 0) is 6.42 Å². The van der Waals surface area contributed by atoms with Gasteiger partial charge in [0.15, 0.2) is 9.84 Å². The minimum absolute atomic E-state index is 0.0944. The van der Waals surface area contributed by atoms with Gasteiger partial charge in [-0.2, -0.15) is 0 Å². The lowest BCUT2D eigenvalue weighted by atomic mass is 10.0. The van der Waals surface area contributed by atoms with E-state index in [9.17, 15) is 8.42 Å². The highest BCUT2D eigenvalue weighted by Crippen LogP contribution is 2.32. The molecule has 1 unspecified atom stereocenters. The molecular weight excluding hydrogens is 238 g/mol. The zero-order valence-corrected chi connectivity index (χ0v) is 9.42. The van der Waals surface area contributed by atoms with Crippen LogP contribution in [0.5, 0.6) is 0 Å². The molecule has 0 aromatic carbocycles. The van der Waals surface area contributed by atoms with Gasteiger partial charge in [-0.3, -0.25) is 0 Å². The van der Waals surface area contributed by atoms with Gasteiger partial charge >= 0.3 is 0 Å². The van der Waals surface area contributed by atoms with E-state index in [0.29, 0.717) is 12.0 Å². The Hall–Kier alpha value is -0.880. The summed E-state index contributed by atoms with van der Waals surface area (Å²) in [6.07, 6.45) is 2.09. The molecule has 1 saturated heterocycles. The van der Waals surface area contributed by atoms with Crippen molar-refractivity contribution >= 4 is 27.4 Å². The fourth-order valence-corrected chi connectivity index (χ4v) is 3.76. The maximum Gasteiger partial charge on any atom is 0.221 e. The van der Waals surface area contributed by atoms with Gasteiger partial charge in [-0.15, -0.1) is 0 Å². The number of nitrogen functional groups attached to an aromatic ring is 1. The summed E-state index contributed by atoms with van der Waals surface area (Å²) in [6, 6.07) is 0. The molecule has 7 heteroatoms. The first kappa shape index (κ1) is 10.6. The second kappa shape index (κ2) is 3.61. The molecule has 1 aliphatic rings. The van der Waals surface area contributed by atoms with Crippen molar-refractivity contribution in [3.8, 4) is 0 Å². The van der Waals surface area contributed by atoms with Crippen LogP contribution in [-0.4, -0.2) is 29.9 Å². The second-order valence-corrected chi connectivity index (χ2v) is 6.16. The van der Waals surface area contributed by atoms with E-state index in [-0.39, 0.29) is 28.5 Å². The van der Waals surface area contributed by atoms with Crippen molar-refractivity contribution in [1.29, 1.82) is 0 Å². The lowest BCUT2D eigenvalue weighted by Gasteiger charge is -2.08. The molecule has 2 N–H and O–H groups in total. The number of anilines is 1. The summed E-state index contributed by atoms with van der Waals surface area (Å²) >= 11 is 5.88. The number of sulfone groups is 1. The Balaban J connectivity index is 2.32. The van der Waals surface area contributed by atoms with Gasteiger partial charge in [-0.1, -0.05) is 11.6 Å². The zero-order chi connectivity index (χ0) is 11.1. The normalized spacial score (nSPS) is 24.2. The first-order chi connectivity index (χ1) is 6.98. The molecule has 5 nitrogen and oxygen atoms in total. The first-order valence-electron chi connectivity index (χ1n) is 4.46. The highest BCUT2D eigenvalue weighted by atomic mass is 35.5. The second-order valence-electron chi connectivity index (χ2n) is 3.57. The standard InChI is InChI=1S/C8H10ClN3O2S/c9-7-6(3-11-8(10)12-7)5-1-2-15(13,14)4-5/h3,5H,1-2,4H2,(H2,10,11,12). The lowest BCUT2D eigenvalue weighted by Crippen LogP contribution is -2.06. The highest BCUT2D eigenvalue weighted by molar-refractivity contribution is 7.91. The molecule has 0 saturated carbocycles. The lowest BCUT2D eigenvalue weighted by molar-refractivity contribution is 0.601. The molecular formula is C8H10ClN3O2S. The van der Waals surface area contributed by atoms with Crippen LogP contribution in [0, 0.1) is 0 Å². The van der Waals surface area contributed by atoms with Crippen LogP contribution in [0.25, 0.3) is 0 Å². The molecule has 0 spiro atoms. The molecule has 0 aliphatic carbocycles. The Bertz CT molecular complexity index is 489. The van der Waals surface area contributed by atoms with E-state index in [2.05, 4.69) is 9.97 Å². The topological polar surface area (TPSA) is 85.9 Å². The molecule has 15 heavy (non-hydrogen) atoms. The minimum Gasteiger partial charge on any atom is -0.368 e. The van der Waals surface area contributed by atoms with Gasteiger partial charge in [0.1, 0.15) is 5.15 Å². The molecule has 1 aromatic heterocycles. The molecule has 0 amide bonds. The molecule has 2 heterocycles. The van der Waals surface area contributed by atoms with E-state index < -0.39 is 9.84 Å².